The van der Waals surface area contributed by atoms with Gasteiger partial charge in [0.05, 0.1) is 17.3 Å². The van der Waals surface area contributed by atoms with Crippen molar-refractivity contribution in [3.05, 3.63) is 30.0 Å². The van der Waals surface area contributed by atoms with Crippen LogP contribution in [0.25, 0.3) is 10.9 Å². The first-order chi connectivity index (χ1) is 10.7. The number of aliphatic carboxylic acids is 1. The number of nitrogens with one attached hydrogen (secondary N) is 1. The highest BCUT2D eigenvalue weighted by Crippen LogP contribution is 2.42. The molecule has 1 aliphatic carbocycles. The Bertz CT molecular complexity index is 754. The summed E-state index contributed by atoms with van der Waals surface area (Å²) in [4.78, 5) is 26.2. The van der Waals surface area contributed by atoms with Gasteiger partial charge in [-0.25, -0.2) is 4.79 Å². The smallest absolute Gasteiger partial charge is 0.326 e. The number of carboxylic acids is 1. The SMILES string of the molecule is O=C(O)C1C2CCCC2CN1C(=O)c1cccc2cn[nH]c12. The van der Waals surface area contributed by atoms with Crippen LogP contribution in [0.15, 0.2) is 24.4 Å². The van der Waals surface area contributed by atoms with Gasteiger partial charge in [-0.05, 0) is 30.7 Å². The molecule has 1 aromatic heterocycles. The molecule has 1 saturated carbocycles. The molecule has 6 nitrogen and oxygen atoms in total. The normalized spacial score (nSPS) is 27.3. The molecule has 1 saturated heterocycles. The molecule has 2 fully saturated rings. The van der Waals surface area contributed by atoms with Gasteiger partial charge in [-0.3, -0.25) is 9.89 Å². The fourth-order valence-corrected chi connectivity index (χ4v) is 4.13. The van der Waals surface area contributed by atoms with E-state index in [9.17, 15) is 14.7 Å². The first kappa shape index (κ1) is 13.3. The van der Waals surface area contributed by atoms with Crippen molar-refractivity contribution in [3.8, 4) is 0 Å². The minimum absolute atomic E-state index is 0.0995. The van der Waals surface area contributed by atoms with Gasteiger partial charge in [0.1, 0.15) is 6.04 Å². The number of amides is 1. The molecule has 0 spiro atoms. The van der Waals surface area contributed by atoms with E-state index in [1.54, 1.807) is 23.2 Å². The number of aromatic nitrogens is 2. The Morgan fingerprint density at radius 2 is 2.18 bits per heavy atom. The average molecular weight is 299 g/mol. The number of aromatic amines is 1. The lowest BCUT2D eigenvalue weighted by Crippen LogP contribution is -2.43. The summed E-state index contributed by atoms with van der Waals surface area (Å²) < 4.78 is 0. The monoisotopic (exact) mass is 299 g/mol. The van der Waals surface area contributed by atoms with Crippen LogP contribution in [-0.2, 0) is 4.79 Å². The molecule has 2 aromatic rings. The second kappa shape index (κ2) is 4.83. The fraction of sp³-hybridized carbons (Fsp3) is 0.438. The van der Waals surface area contributed by atoms with Gasteiger partial charge in [0, 0.05) is 11.9 Å². The van der Waals surface area contributed by atoms with E-state index >= 15 is 0 Å². The fourth-order valence-electron chi connectivity index (χ4n) is 4.13. The number of carbonyl (C=O) groups is 2. The van der Waals surface area contributed by atoms with Crippen molar-refractivity contribution in [2.24, 2.45) is 11.8 Å². The summed E-state index contributed by atoms with van der Waals surface area (Å²) in [6.07, 6.45) is 4.66. The summed E-state index contributed by atoms with van der Waals surface area (Å²) in [5.41, 5.74) is 1.18. The highest BCUT2D eigenvalue weighted by Gasteiger charge is 2.49. The topological polar surface area (TPSA) is 86.3 Å². The van der Waals surface area contributed by atoms with Crippen molar-refractivity contribution in [3.63, 3.8) is 0 Å². The van der Waals surface area contributed by atoms with E-state index in [1.807, 2.05) is 6.07 Å². The van der Waals surface area contributed by atoms with Gasteiger partial charge < -0.3 is 10.0 Å². The van der Waals surface area contributed by atoms with Gasteiger partial charge in [0.2, 0.25) is 0 Å². The summed E-state index contributed by atoms with van der Waals surface area (Å²) in [6.45, 7) is 0.547. The van der Waals surface area contributed by atoms with Crippen molar-refractivity contribution in [2.75, 3.05) is 6.54 Å². The number of rotatable bonds is 2. The molecule has 4 rings (SSSR count). The van der Waals surface area contributed by atoms with Crippen molar-refractivity contribution in [1.82, 2.24) is 15.1 Å². The number of likely N-dealkylation sites (tertiary alicyclic amines) is 1. The van der Waals surface area contributed by atoms with E-state index in [-0.39, 0.29) is 11.8 Å². The quantitative estimate of drug-likeness (QED) is 0.886. The second-order valence-corrected chi connectivity index (χ2v) is 6.24. The number of nitrogens with zero attached hydrogens (tertiary/aromatic N) is 2. The summed E-state index contributed by atoms with van der Waals surface area (Å²) in [5.74, 6) is -0.676. The summed E-state index contributed by atoms with van der Waals surface area (Å²) in [6, 6.07) is 4.72. The average Bonchev–Trinajstić information content (AvgIpc) is 3.19. The molecule has 114 valence electrons. The van der Waals surface area contributed by atoms with Crippen molar-refractivity contribution in [1.29, 1.82) is 0 Å². The van der Waals surface area contributed by atoms with E-state index in [0.717, 1.165) is 24.6 Å². The van der Waals surface area contributed by atoms with Crippen LogP contribution in [0.2, 0.25) is 0 Å². The molecule has 1 aromatic carbocycles. The van der Waals surface area contributed by atoms with Crippen LogP contribution in [0.1, 0.15) is 29.6 Å². The number of H-pyrrole nitrogens is 1. The number of benzene rings is 1. The Morgan fingerprint density at radius 3 is 3.00 bits per heavy atom. The molecule has 2 N–H and O–H groups in total. The first-order valence-electron chi connectivity index (χ1n) is 7.62. The number of hydrogen-bond donors (Lipinski definition) is 2. The molecule has 2 aliphatic rings. The van der Waals surface area contributed by atoms with Gasteiger partial charge in [0.15, 0.2) is 0 Å². The van der Waals surface area contributed by atoms with Crippen LogP contribution < -0.4 is 0 Å². The molecular weight excluding hydrogens is 282 g/mol. The van der Waals surface area contributed by atoms with Gasteiger partial charge in [-0.15, -0.1) is 0 Å². The number of para-hydroxylation sites is 1. The third kappa shape index (κ3) is 1.83. The standard InChI is InChI=1S/C16H17N3O3/c20-15(12-6-1-3-9-7-17-18-13(9)12)19-8-10-4-2-5-11(10)14(19)16(21)22/h1,3,6-7,10-11,14H,2,4-5,8H2,(H,17,18)(H,21,22). The second-order valence-electron chi connectivity index (χ2n) is 6.24. The lowest BCUT2D eigenvalue weighted by atomic mass is 9.94. The Labute approximate surface area is 127 Å². The van der Waals surface area contributed by atoms with Gasteiger partial charge >= 0.3 is 5.97 Å². The van der Waals surface area contributed by atoms with Crippen LogP contribution in [0.3, 0.4) is 0 Å². The maximum Gasteiger partial charge on any atom is 0.326 e. The molecule has 3 atom stereocenters. The van der Waals surface area contributed by atoms with E-state index < -0.39 is 12.0 Å². The molecule has 3 unspecified atom stereocenters. The zero-order valence-electron chi connectivity index (χ0n) is 12.0. The highest BCUT2D eigenvalue weighted by atomic mass is 16.4. The molecule has 6 heteroatoms. The summed E-state index contributed by atoms with van der Waals surface area (Å²) in [7, 11) is 0. The maximum atomic E-state index is 12.9. The molecule has 1 amide bonds. The molecule has 0 radical (unpaired) electrons. The van der Waals surface area contributed by atoms with E-state index in [2.05, 4.69) is 10.2 Å². The lowest BCUT2D eigenvalue weighted by Gasteiger charge is -2.24. The minimum atomic E-state index is -0.889. The Balaban J connectivity index is 1.73. The molecule has 22 heavy (non-hydrogen) atoms. The molecule has 2 heterocycles. The van der Waals surface area contributed by atoms with E-state index in [0.29, 0.717) is 23.5 Å². The van der Waals surface area contributed by atoms with Gasteiger partial charge in [-0.1, -0.05) is 18.6 Å². The van der Waals surface area contributed by atoms with Crippen LogP contribution in [0.4, 0.5) is 0 Å². The largest absolute Gasteiger partial charge is 0.480 e. The summed E-state index contributed by atoms with van der Waals surface area (Å²) >= 11 is 0. The van der Waals surface area contributed by atoms with Crippen LogP contribution in [-0.4, -0.2) is 44.7 Å². The van der Waals surface area contributed by atoms with Crippen LogP contribution >= 0.6 is 0 Å². The zero-order chi connectivity index (χ0) is 15.3. The maximum absolute atomic E-state index is 12.9. The number of carboxylic acid groups (broad SMARTS) is 1. The zero-order valence-corrected chi connectivity index (χ0v) is 12.0. The third-order valence-corrected chi connectivity index (χ3v) is 5.11. The molecule has 1 aliphatic heterocycles. The Hall–Kier alpha value is -2.37. The number of carbonyl (C=O) groups excluding carboxylic acids is 1. The lowest BCUT2D eigenvalue weighted by molar-refractivity contribution is -0.142. The predicted molar refractivity (Wildman–Crippen MR) is 79.4 cm³/mol. The molecule has 0 bridgehead atoms. The van der Waals surface area contributed by atoms with Gasteiger partial charge in [-0.2, -0.15) is 5.10 Å². The minimum Gasteiger partial charge on any atom is -0.480 e. The highest BCUT2D eigenvalue weighted by molar-refractivity contribution is 6.06. The van der Waals surface area contributed by atoms with Crippen LogP contribution in [0.5, 0.6) is 0 Å². The Kier molecular flexibility index (Phi) is 2.92. The Morgan fingerprint density at radius 1 is 1.32 bits per heavy atom. The van der Waals surface area contributed by atoms with Crippen molar-refractivity contribution >= 4 is 22.8 Å². The third-order valence-electron chi connectivity index (χ3n) is 5.11. The number of hydrogen-bond acceptors (Lipinski definition) is 3. The first-order valence-corrected chi connectivity index (χ1v) is 7.62. The summed E-state index contributed by atoms with van der Waals surface area (Å²) in [5, 5.41) is 17.3. The van der Waals surface area contributed by atoms with E-state index in [1.165, 1.54) is 0 Å². The molecular formula is C16H17N3O3. The van der Waals surface area contributed by atoms with E-state index in [4.69, 9.17) is 0 Å². The van der Waals surface area contributed by atoms with Crippen molar-refractivity contribution < 1.29 is 14.7 Å². The van der Waals surface area contributed by atoms with Gasteiger partial charge in [0.25, 0.3) is 5.91 Å². The number of fused-ring (bicyclic) bond motifs is 2. The van der Waals surface area contributed by atoms with Crippen molar-refractivity contribution in [2.45, 2.75) is 25.3 Å². The predicted octanol–water partition coefficient (Wildman–Crippen LogP) is 1.89. The van der Waals surface area contributed by atoms with Crippen LogP contribution in [0, 0.1) is 11.8 Å².